The minimum atomic E-state index is -0.0466. The topological polar surface area (TPSA) is 80.4 Å². The van der Waals surface area contributed by atoms with Gasteiger partial charge in [-0.1, -0.05) is 11.2 Å². The first kappa shape index (κ1) is 16.7. The molecule has 4 rings (SSSR count). The van der Waals surface area contributed by atoms with Crippen molar-refractivity contribution in [2.75, 3.05) is 19.8 Å². The smallest absolute Gasteiger partial charge is 0.185 e. The molecule has 0 spiro atoms. The molecule has 2 aliphatic rings. The van der Waals surface area contributed by atoms with Crippen molar-refractivity contribution in [2.24, 2.45) is 5.92 Å². The van der Waals surface area contributed by atoms with Crippen LogP contribution in [0, 0.1) is 5.92 Å². The zero-order valence-electron chi connectivity index (χ0n) is 14.4. The normalized spacial score (nSPS) is 25.5. The Kier molecular flexibility index (Phi) is 4.83. The highest BCUT2D eigenvalue weighted by Crippen LogP contribution is 2.30. The van der Waals surface area contributed by atoms with Crippen LogP contribution in [-0.2, 0) is 11.2 Å². The van der Waals surface area contributed by atoms with E-state index in [9.17, 15) is 5.11 Å². The van der Waals surface area contributed by atoms with Gasteiger partial charge in [0.15, 0.2) is 5.76 Å². The van der Waals surface area contributed by atoms with E-state index in [0.29, 0.717) is 37.5 Å². The molecule has 1 saturated heterocycles. The second-order valence-electron chi connectivity index (χ2n) is 7.39. The third-order valence-corrected chi connectivity index (χ3v) is 5.37. The first-order chi connectivity index (χ1) is 12.3. The summed E-state index contributed by atoms with van der Waals surface area (Å²) in [5.41, 5.74) is 1.69. The Balaban J connectivity index is 1.39. The third-order valence-electron chi connectivity index (χ3n) is 5.37. The molecule has 0 bridgehead atoms. The van der Waals surface area contributed by atoms with E-state index < -0.39 is 0 Å². The van der Waals surface area contributed by atoms with Crippen molar-refractivity contribution in [1.29, 1.82) is 0 Å². The van der Waals surface area contributed by atoms with E-state index in [-0.39, 0.29) is 5.54 Å². The molecule has 1 aliphatic carbocycles. The van der Waals surface area contributed by atoms with Gasteiger partial charge in [0.25, 0.3) is 0 Å². The van der Waals surface area contributed by atoms with E-state index in [1.165, 1.54) is 0 Å². The quantitative estimate of drug-likeness (QED) is 0.837. The third kappa shape index (κ3) is 3.76. The summed E-state index contributed by atoms with van der Waals surface area (Å²) >= 11 is 0. The summed E-state index contributed by atoms with van der Waals surface area (Å²) in [6.07, 6.45) is 6.97. The lowest BCUT2D eigenvalue weighted by Gasteiger charge is -2.45. The largest absolute Gasteiger partial charge is 0.396 e. The molecule has 0 radical (unpaired) electrons. The van der Waals surface area contributed by atoms with E-state index in [1.807, 2.05) is 24.3 Å². The maximum Gasteiger partial charge on any atom is 0.185 e. The van der Waals surface area contributed by atoms with Crippen molar-refractivity contribution in [3.8, 4) is 11.5 Å². The highest BCUT2D eigenvalue weighted by molar-refractivity contribution is 5.51. The highest BCUT2D eigenvalue weighted by Gasteiger charge is 2.41. The number of hydrogen-bond acceptors (Lipinski definition) is 6. The predicted octanol–water partition coefficient (Wildman–Crippen LogP) is 2.19. The van der Waals surface area contributed by atoms with Gasteiger partial charge >= 0.3 is 0 Å². The molecule has 6 heteroatoms. The van der Waals surface area contributed by atoms with Crippen molar-refractivity contribution < 1.29 is 14.4 Å². The molecule has 25 heavy (non-hydrogen) atoms. The summed E-state index contributed by atoms with van der Waals surface area (Å²) in [7, 11) is 0. The average molecular weight is 343 g/mol. The van der Waals surface area contributed by atoms with E-state index in [0.717, 1.165) is 43.5 Å². The SMILES string of the molecule is OCC1CCC(NC2(Cc3cc(-c4ccccn4)on3)COC2)CC1. The summed E-state index contributed by atoms with van der Waals surface area (Å²) in [5.74, 6) is 1.18. The Hall–Kier alpha value is -1.76. The number of pyridine rings is 1. The van der Waals surface area contributed by atoms with Gasteiger partial charge in [0.1, 0.15) is 5.69 Å². The van der Waals surface area contributed by atoms with Crippen molar-refractivity contribution in [2.45, 2.75) is 43.7 Å². The second kappa shape index (κ2) is 7.23. The molecule has 3 heterocycles. The van der Waals surface area contributed by atoms with Gasteiger partial charge in [-0.2, -0.15) is 0 Å². The van der Waals surface area contributed by atoms with Gasteiger partial charge in [0.05, 0.1) is 24.4 Å². The van der Waals surface area contributed by atoms with Crippen LogP contribution in [0.4, 0.5) is 0 Å². The molecule has 0 atom stereocenters. The molecule has 1 saturated carbocycles. The van der Waals surface area contributed by atoms with Crippen LogP contribution in [-0.4, -0.2) is 46.6 Å². The van der Waals surface area contributed by atoms with Gasteiger partial charge in [-0.15, -0.1) is 0 Å². The lowest BCUT2D eigenvalue weighted by molar-refractivity contribution is -0.0823. The first-order valence-electron chi connectivity index (χ1n) is 9.10. The molecule has 6 nitrogen and oxygen atoms in total. The number of aliphatic hydroxyl groups is 1. The minimum Gasteiger partial charge on any atom is -0.396 e. The molecule has 2 aromatic heterocycles. The molecule has 2 N–H and O–H groups in total. The summed E-state index contributed by atoms with van der Waals surface area (Å²) in [6, 6.07) is 8.22. The summed E-state index contributed by atoms with van der Waals surface area (Å²) < 4.78 is 11.0. The Labute approximate surface area is 147 Å². The van der Waals surface area contributed by atoms with E-state index in [4.69, 9.17) is 9.26 Å². The Bertz CT molecular complexity index is 676. The van der Waals surface area contributed by atoms with Gasteiger partial charge in [-0.3, -0.25) is 4.98 Å². The van der Waals surface area contributed by atoms with Crippen molar-refractivity contribution in [3.63, 3.8) is 0 Å². The monoisotopic (exact) mass is 343 g/mol. The number of nitrogens with one attached hydrogen (secondary N) is 1. The zero-order valence-corrected chi connectivity index (χ0v) is 14.4. The van der Waals surface area contributed by atoms with Gasteiger partial charge < -0.3 is 19.7 Å². The van der Waals surface area contributed by atoms with Gasteiger partial charge in [0, 0.05) is 31.3 Å². The highest BCUT2D eigenvalue weighted by atomic mass is 16.5. The van der Waals surface area contributed by atoms with Crippen LogP contribution in [0.5, 0.6) is 0 Å². The average Bonchev–Trinajstić information content (AvgIpc) is 3.10. The standard InChI is InChI=1S/C19H25N3O3/c23-11-14-4-6-15(7-5-14)21-19(12-24-13-19)10-16-9-18(25-22-16)17-3-1-2-8-20-17/h1-3,8-9,14-15,21,23H,4-7,10-13H2. The van der Waals surface area contributed by atoms with Crippen LogP contribution in [0.25, 0.3) is 11.5 Å². The summed E-state index contributed by atoms with van der Waals surface area (Å²) in [4.78, 5) is 4.31. The molecule has 2 aromatic rings. The van der Waals surface area contributed by atoms with Gasteiger partial charge in [0.2, 0.25) is 0 Å². The fraction of sp³-hybridized carbons (Fsp3) is 0.579. The van der Waals surface area contributed by atoms with Crippen molar-refractivity contribution in [1.82, 2.24) is 15.5 Å². The molecular weight excluding hydrogens is 318 g/mol. The lowest BCUT2D eigenvalue weighted by Crippen LogP contribution is -2.64. The molecule has 0 unspecified atom stereocenters. The van der Waals surface area contributed by atoms with E-state index >= 15 is 0 Å². The second-order valence-corrected chi connectivity index (χ2v) is 7.39. The van der Waals surface area contributed by atoms with Crippen molar-refractivity contribution in [3.05, 3.63) is 36.2 Å². The fourth-order valence-corrected chi connectivity index (χ4v) is 3.88. The van der Waals surface area contributed by atoms with Crippen LogP contribution in [0.15, 0.2) is 35.0 Å². The number of rotatable bonds is 6. The molecular formula is C19H25N3O3. The van der Waals surface area contributed by atoms with Crippen LogP contribution < -0.4 is 5.32 Å². The van der Waals surface area contributed by atoms with Crippen LogP contribution in [0.1, 0.15) is 31.4 Å². The minimum absolute atomic E-state index is 0.0466. The van der Waals surface area contributed by atoms with Crippen LogP contribution in [0.3, 0.4) is 0 Å². The zero-order chi connectivity index (χ0) is 17.1. The molecule has 134 valence electrons. The summed E-state index contributed by atoms with van der Waals surface area (Å²) in [5, 5.41) is 17.3. The number of aromatic nitrogens is 2. The molecule has 1 aliphatic heterocycles. The summed E-state index contributed by atoms with van der Waals surface area (Å²) in [6.45, 7) is 1.73. The van der Waals surface area contributed by atoms with E-state index in [1.54, 1.807) is 6.20 Å². The number of ether oxygens (including phenoxy) is 1. The van der Waals surface area contributed by atoms with Gasteiger partial charge in [-0.25, -0.2) is 0 Å². The Morgan fingerprint density at radius 1 is 1.20 bits per heavy atom. The molecule has 0 amide bonds. The first-order valence-corrected chi connectivity index (χ1v) is 9.10. The lowest BCUT2D eigenvalue weighted by atomic mass is 9.83. The molecule has 0 aromatic carbocycles. The number of hydrogen-bond donors (Lipinski definition) is 2. The maximum absolute atomic E-state index is 9.29. The maximum atomic E-state index is 9.29. The fourth-order valence-electron chi connectivity index (χ4n) is 3.88. The number of nitrogens with zero attached hydrogens (tertiary/aromatic N) is 2. The predicted molar refractivity (Wildman–Crippen MR) is 93.0 cm³/mol. The number of aliphatic hydroxyl groups excluding tert-OH is 1. The van der Waals surface area contributed by atoms with Crippen LogP contribution in [0.2, 0.25) is 0 Å². The molecule has 2 fully saturated rings. The van der Waals surface area contributed by atoms with E-state index in [2.05, 4.69) is 15.5 Å². The van der Waals surface area contributed by atoms with Crippen LogP contribution >= 0.6 is 0 Å². The Morgan fingerprint density at radius 3 is 2.68 bits per heavy atom. The Morgan fingerprint density at radius 2 is 2.04 bits per heavy atom. The van der Waals surface area contributed by atoms with Gasteiger partial charge in [-0.05, 0) is 43.7 Å². The van der Waals surface area contributed by atoms with Crippen molar-refractivity contribution >= 4 is 0 Å².